The molecule has 0 saturated carbocycles. The highest BCUT2D eigenvalue weighted by Crippen LogP contribution is 2.31. The van der Waals surface area contributed by atoms with E-state index in [1.165, 1.54) is 18.4 Å². The normalized spacial score (nSPS) is 14.7. The average Bonchev–Trinajstić information content (AvgIpc) is 3.20. The smallest absolute Gasteiger partial charge is 0.416 e. The summed E-state index contributed by atoms with van der Waals surface area (Å²) in [6.45, 7) is 3.89. The van der Waals surface area contributed by atoms with E-state index in [4.69, 9.17) is 9.15 Å². The fourth-order valence-corrected chi connectivity index (χ4v) is 3.03. The molecule has 3 rings (SSSR count). The zero-order valence-electron chi connectivity index (χ0n) is 15.6. The van der Waals surface area contributed by atoms with Gasteiger partial charge >= 0.3 is 12.1 Å². The molecule has 2 heterocycles. The molecule has 10 heteroatoms. The maximum absolute atomic E-state index is 12.8. The first-order chi connectivity index (χ1) is 12.9. The third kappa shape index (κ3) is 7.13. The highest BCUT2D eigenvalue weighted by molar-refractivity contribution is 5.86. The first kappa shape index (κ1) is 25.1. The van der Waals surface area contributed by atoms with Gasteiger partial charge in [0.1, 0.15) is 0 Å². The monoisotopic (exact) mass is 454 g/mol. The third-order valence-electron chi connectivity index (χ3n) is 4.49. The van der Waals surface area contributed by atoms with Crippen molar-refractivity contribution in [3.8, 4) is 0 Å². The summed E-state index contributed by atoms with van der Waals surface area (Å²) in [4.78, 5) is 15.8. The van der Waals surface area contributed by atoms with E-state index in [0.717, 1.165) is 25.7 Å². The van der Waals surface area contributed by atoms with Crippen LogP contribution in [-0.4, -0.2) is 50.2 Å². The molecule has 1 fully saturated rings. The van der Waals surface area contributed by atoms with Gasteiger partial charge in [0.05, 0.1) is 18.4 Å². The molecule has 1 aliphatic rings. The second kappa shape index (κ2) is 11.3. The molecule has 2 aromatic rings. The van der Waals surface area contributed by atoms with Gasteiger partial charge in [0.15, 0.2) is 0 Å². The maximum atomic E-state index is 12.8. The number of halogens is 5. The second-order valence-electron chi connectivity index (χ2n) is 6.34. The van der Waals surface area contributed by atoms with Crippen LogP contribution in [0.4, 0.5) is 18.9 Å². The number of carbonyl (C=O) groups is 1. The first-order valence-electron chi connectivity index (χ1n) is 8.79. The lowest BCUT2D eigenvalue weighted by atomic mass is 10.1. The summed E-state index contributed by atoms with van der Waals surface area (Å²) in [5.41, 5.74) is -0.0299. The minimum absolute atomic E-state index is 0. The highest BCUT2D eigenvalue weighted by atomic mass is 35.5. The van der Waals surface area contributed by atoms with Crippen molar-refractivity contribution in [2.24, 2.45) is 0 Å². The van der Waals surface area contributed by atoms with Crippen LogP contribution >= 0.6 is 24.8 Å². The van der Waals surface area contributed by atoms with Crippen LogP contribution in [0.15, 0.2) is 47.1 Å². The van der Waals surface area contributed by atoms with Gasteiger partial charge in [-0.25, -0.2) is 4.79 Å². The van der Waals surface area contributed by atoms with Gasteiger partial charge in [-0.05, 0) is 36.8 Å². The van der Waals surface area contributed by atoms with Crippen molar-refractivity contribution in [2.45, 2.75) is 12.6 Å². The molecule has 0 bridgehead atoms. The van der Waals surface area contributed by atoms with Gasteiger partial charge in [0.25, 0.3) is 0 Å². The van der Waals surface area contributed by atoms with Crippen molar-refractivity contribution in [3.63, 3.8) is 0 Å². The number of esters is 1. The molecule has 1 aromatic carbocycles. The number of benzene rings is 1. The fraction of sp³-hybridized carbons (Fsp3) is 0.421. The Kier molecular flexibility index (Phi) is 9.82. The van der Waals surface area contributed by atoms with Crippen LogP contribution in [0.25, 0.3) is 0 Å². The van der Waals surface area contributed by atoms with Crippen LogP contribution in [0, 0.1) is 0 Å². The number of alkyl halides is 3. The molecule has 0 atom stereocenters. The van der Waals surface area contributed by atoms with E-state index in [-0.39, 0.29) is 30.6 Å². The van der Waals surface area contributed by atoms with Crippen molar-refractivity contribution in [2.75, 3.05) is 44.2 Å². The van der Waals surface area contributed by atoms with E-state index in [2.05, 4.69) is 4.90 Å². The molecule has 1 aromatic heterocycles. The topological polar surface area (TPSA) is 45.9 Å². The average molecular weight is 455 g/mol. The minimum Gasteiger partial charge on any atom is -0.460 e. The summed E-state index contributed by atoms with van der Waals surface area (Å²) in [7, 11) is 0. The number of furan rings is 1. The zero-order chi connectivity index (χ0) is 19.3. The summed E-state index contributed by atoms with van der Waals surface area (Å²) in [5.74, 6) is -0.293. The molecule has 0 unspecified atom stereocenters. The number of ether oxygens (including phenoxy) is 1. The van der Waals surface area contributed by atoms with Gasteiger partial charge in [-0.3, -0.25) is 4.90 Å². The molecular weight excluding hydrogens is 432 g/mol. The lowest BCUT2D eigenvalue weighted by Crippen LogP contribution is -2.46. The standard InChI is InChI=1S/C19H21F3N2O3.2ClH/c20-19(21,22)15-4-1-5-16(14-15)24-10-8-23(9-11-24)7-3-13-27-18(25)17-6-2-12-26-17;;/h1-2,4-6,12,14H,3,7-11,13H2;2*1H. The number of anilines is 1. The van der Waals surface area contributed by atoms with E-state index in [0.29, 0.717) is 31.8 Å². The van der Waals surface area contributed by atoms with Crippen molar-refractivity contribution in [1.29, 1.82) is 0 Å². The molecule has 162 valence electrons. The molecular formula is C19H23Cl2F3N2O3. The zero-order valence-corrected chi connectivity index (χ0v) is 17.2. The number of hydrogen-bond donors (Lipinski definition) is 0. The maximum Gasteiger partial charge on any atom is 0.416 e. The van der Waals surface area contributed by atoms with Gasteiger partial charge in [0, 0.05) is 38.4 Å². The Hall–Kier alpha value is -1.90. The second-order valence-corrected chi connectivity index (χ2v) is 6.34. The van der Waals surface area contributed by atoms with Gasteiger partial charge in [0.2, 0.25) is 5.76 Å². The van der Waals surface area contributed by atoms with Crippen molar-refractivity contribution in [3.05, 3.63) is 54.0 Å². The SMILES string of the molecule is Cl.Cl.O=C(OCCCN1CCN(c2cccc(C(F)(F)F)c2)CC1)c1ccco1. The molecule has 0 aliphatic carbocycles. The van der Waals surface area contributed by atoms with E-state index in [9.17, 15) is 18.0 Å². The number of carbonyl (C=O) groups excluding carboxylic acids is 1. The van der Waals surface area contributed by atoms with Crippen LogP contribution < -0.4 is 4.90 Å². The van der Waals surface area contributed by atoms with E-state index in [1.54, 1.807) is 18.2 Å². The molecule has 1 saturated heterocycles. The molecule has 0 N–H and O–H groups in total. The number of piperazine rings is 1. The summed E-state index contributed by atoms with van der Waals surface area (Å²) in [5, 5.41) is 0. The molecule has 0 amide bonds. The Morgan fingerprint density at radius 2 is 1.79 bits per heavy atom. The van der Waals surface area contributed by atoms with Crippen molar-refractivity contribution in [1.82, 2.24) is 4.90 Å². The van der Waals surface area contributed by atoms with Crippen LogP contribution in [0.1, 0.15) is 22.5 Å². The van der Waals surface area contributed by atoms with E-state index < -0.39 is 17.7 Å². The first-order valence-corrected chi connectivity index (χ1v) is 8.79. The number of hydrogen-bond acceptors (Lipinski definition) is 5. The molecule has 1 aliphatic heterocycles. The lowest BCUT2D eigenvalue weighted by molar-refractivity contribution is -0.137. The lowest BCUT2D eigenvalue weighted by Gasteiger charge is -2.36. The Labute approximate surface area is 179 Å². The van der Waals surface area contributed by atoms with Crippen LogP contribution in [-0.2, 0) is 10.9 Å². The van der Waals surface area contributed by atoms with E-state index in [1.807, 2.05) is 4.90 Å². The third-order valence-corrected chi connectivity index (χ3v) is 4.49. The summed E-state index contributed by atoms with van der Waals surface area (Å²) < 4.78 is 48.6. The predicted octanol–water partition coefficient (Wildman–Crippen LogP) is 4.51. The number of rotatable bonds is 6. The summed E-state index contributed by atoms with van der Waals surface area (Å²) in [6, 6.07) is 8.61. The highest BCUT2D eigenvalue weighted by Gasteiger charge is 2.31. The van der Waals surface area contributed by atoms with Crippen molar-refractivity contribution < 1.29 is 27.1 Å². The van der Waals surface area contributed by atoms with Gasteiger partial charge < -0.3 is 14.1 Å². The quantitative estimate of drug-likeness (QED) is 0.474. The van der Waals surface area contributed by atoms with Gasteiger partial charge in [-0.2, -0.15) is 13.2 Å². The Morgan fingerprint density at radius 3 is 2.41 bits per heavy atom. The van der Waals surface area contributed by atoms with Gasteiger partial charge in [-0.1, -0.05) is 6.07 Å². The Bertz CT molecular complexity index is 749. The Balaban J connectivity index is 0.00000210. The molecule has 0 radical (unpaired) electrons. The van der Waals surface area contributed by atoms with Gasteiger partial charge in [-0.15, -0.1) is 24.8 Å². The van der Waals surface area contributed by atoms with Crippen molar-refractivity contribution >= 4 is 36.5 Å². The largest absolute Gasteiger partial charge is 0.460 e. The molecule has 0 spiro atoms. The molecule has 5 nitrogen and oxygen atoms in total. The van der Waals surface area contributed by atoms with Crippen LogP contribution in [0.3, 0.4) is 0 Å². The number of nitrogens with zero attached hydrogens (tertiary/aromatic N) is 2. The fourth-order valence-electron chi connectivity index (χ4n) is 3.03. The minimum atomic E-state index is -4.33. The van der Waals surface area contributed by atoms with E-state index >= 15 is 0 Å². The summed E-state index contributed by atoms with van der Waals surface area (Å²) in [6.07, 6.45) is -2.22. The molecule has 29 heavy (non-hydrogen) atoms. The van der Waals surface area contributed by atoms with Crippen LogP contribution in [0.5, 0.6) is 0 Å². The predicted molar refractivity (Wildman–Crippen MR) is 108 cm³/mol. The summed E-state index contributed by atoms with van der Waals surface area (Å²) >= 11 is 0. The van der Waals surface area contributed by atoms with Crippen LogP contribution in [0.2, 0.25) is 0 Å². The Morgan fingerprint density at radius 1 is 1.07 bits per heavy atom.